The van der Waals surface area contributed by atoms with Crippen molar-refractivity contribution < 1.29 is 9.53 Å². The molecular weight excluding hydrogens is 490 g/mol. The molecule has 1 aromatic heterocycles. The fourth-order valence-electron chi connectivity index (χ4n) is 5.78. The van der Waals surface area contributed by atoms with Gasteiger partial charge < -0.3 is 29.7 Å². The predicted octanol–water partition coefficient (Wildman–Crippen LogP) is 3.52. The SMILES string of the molecule is CCC(=O)N1CCN(c2nc(N(Cc3c(OC)cccc3N(C)C)C3CCNCC3)c3ccccc3n2)CC1. The number of anilines is 3. The lowest BCUT2D eigenvalue weighted by atomic mass is 10.0. The predicted molar refractivity (Wildman–Crippen MR) is 158 cm³/mol. The number of amides is 1. The fourth-order valence-corrected chi connectivity index (χ4v) is 5.78. The maximum Gasteiger partial charge on any atom is 0.228 e. The summed E-state index contributed by atoms with van der Waals surface area (Å²) >= 11 is 0. The van der Waals surface area contributed by atoms with Crippen molar-refractivity contribution in [2.75, 3.05) is 75.2 Å². The van der Waals surface area contributed by atoms with E-state index in [0.29, 0.717) is 32.1 Å². The van der Waals surface area contributed by atoms with E-state index in [1.165, 1.54) is 0 Å². The number of nitrogens with zero attached hydrogens (tertiary/aromatic N) is 6. The van der Waals surface area contributed by atoms with Crippen molar-refractivity contribution >= 4 is 34.3 Å². The number of piperidine rings is 1. The Morgan fingerprint density at radius 2 is 1.77 bits per heavy atom. The minimum Gasteiger partial charge on any atom is -0.496 e. The number of methoxy groups -OCH3 is 1. The molecule has 0 radical (unpaired) electrons. The normalized spacial score (nSPS) is 16.4. The molecule has 39 heavy (non-hydrogen) atoms. The van der Waals surface area contributed by atoms with E-state index in [2.05, 4.69) is 58.4 Å². The zero-order valence-electron chi connectivity index (χ0n) is 23.7. The van der Waals surface area contributed by atoms with Gasteiger partial charge in [0.15, 0.2) is 0 Å². The van der Waals surface area contributed by atoms with E-state index in [-0.39, 0.29) is 5.91 Å². The summed E-state index contributed by atoms with van der Waals surface area (Å²) in [5.41, 5.74) is 3.24. The molecule has 9 nitrogen and oxygen atoms in total. The van der Waals surface area contributed by atoms with Crippen LogP contribution >= 0.6 is 0 Å². The Kier molecular flexibility index (Phi) is 8.35. The Balaban J connectivity index is 1.58. The standard InChI is InChI=1S/C30H41N7O2/c1-5-28(38)35-17-19-36(20-18-35)30-32-25-10-7-6-9-23(25)29(33-30)37(22-13-15-31-16-14-22)21-24-26(34(2)3)11-8-12-27(24)39-4/h6-12,22,31H,5,13-21H2,1-4H3. The Morgan fingerprint density at radius 3 is 2.46 bits per heavy atom. The molecule has 3 aromatic rings. The van der Waals surface area contributed by atoms with Gasteiger partial charge in [0.2, 0.25) is 11.9 Å². The number of para-hydroxylation sites is 1. The summed E-state index contributed by atoms with van der Waals surface area (Å²) in [6.45, 7) is 7.43. The summed E-state index contributed by atoms with van der Waals surface area (Å²) in [6, 6.07) is 14.9. The topological polar surface area (TPSA) is 77.1 Å². The molecule has 5 rings (SSSR count). The maximum absolute atomic E-state index is 12.3. The monoisotopic (exact) mass is 531 g/mol. The summed E-state index contributed by atoms with van der Waals surface area (Å²) in [6.07, 6.45) is 2.62. The molecule has 1 amide bonds. The van der Waals surface area contributed by atoms with Gasteiger partial charge in [-0.05, 0) is 50.2 Å². The summed E-state index contributed by atoms with van der Waals surface area (Å²) < 4.78 is 5.87. The van der Waals surface area contributed by atoms with E-state index in [1.807, 2.05) is 30.0 Å². The molecule has 1 N–H and O–H groups in total. The van der Waals surface area contributed by atoms with E-state index in [9.17, 15) is 4.79 Å². The molecule has 208 valence electrons. The molecule has 0 bridgehead atoms. The third-order valence-electron chi connectivity index (χ3n) is 7.95. The van der Waals surface area contributed by atoms with E-state index in [1.54, 1.807) is 7.11 Å². The highest BCUT2D eigenvalue weighted by atomic mass is 16.5. The summed E-state index contributed by atoms with van der Waals surface area (Å²) in [7, 11) is 5.90. The Bertz CT molecular complexity index is 1280. The lowest BCUT2D eigenvalue weighted by molar-refractivity contribution is -0.131. The van der Waals surface area contributed by atoms with Gasteiger partial charge in [-0.2, -0.15) is 4.98 Å². The number of hydrogen-bond donors (Lipinski definition) is 1. The number of hydrogen-bond acceptors (Lipinski definition) is 8. The van der Waals surface area contributed by atoms with Gasteiger partial charge in [0.05, 0.1) is 19.2 Å². The van der Waals surface area contributed by atoms with Crippen molar-refractivity contribution in [3.05, 3.63) is 48.0 Å². The molecule has 0 atom stereocenters. The van der Waals surface area contributed by atoms with Crippen molar-refractivity contribution in [1.29, 1.82) is 0 Å². The Labute approximate surface area is 231 Å². The average molecular weight is 532 g/mol. The minimum absolute atomic E-state index is 0.209. The van der Waals surface area contributed by atoms with Crippen molar-refractivity contribution in [3.8, 4) is 5.75 Å². The Morgan fingerprint density at radius 1 is 1.03 bits per heavy atom. The third kappa shape index (κ3) is 5.73. The highest BCUT2D eigenvalue weighted by Gasteiger charge is 2.29. The smallest absolute Gasteiger partial charge is 0.228 e. The lowest BCUT2D eigenvalue weighted by Gasteiger charge is -2.38. The number of nitrogens with one attached hydrogen (secondary N) is 1. The van der Waals surface area contributed by atoms with Crippen molar-refractivity contribution in [1.82, 2.24) is 20.2 Å². The van der Waals surface area contributed by atoms with Gasteiger partial charge in [0, 0.05) is 69.4 Å². The summed E-state index contributed by atoms with van der Waals surface area (Å²) in [5, 5.41) is 4.58. The molecular formula is C30H41N7O2. The molecule has 9 heteroatoms. The number of carbonyl (C=O) groups excluding carboxylic acids is 1. The molecule has 3 heterocycles. The van der Waals surface area contributed by atoms with Gasteiger partial charge >= 0.3 is 0 Å². The van der Waals surface area contributed by atoms with Gasteiger partial charge in [-0.3, -0.25) is 4.79 Å². The lowest BCUT2D eigenvalue weighted by Crippen LogP contribution is -2.49. The first kappa shape index (κ1) is 27.0. The van der Waals surface area contributed by atoms with Crippen LogP contribution in [0.5, 0.6) is 5.75 Å². The molecule has 0 spiro atoms. The van der Waals surface area contributed by atoms with Gasteiger partial charge in [-0.25, -0.2) is 4.98 Å². The first-order valence-electron chi connectivity index (χ1n) is 14.1. The highest BCUT2D eigenvalue weighted by molar-refractivity contribution is 5.91. The number of aromatic nitrogens is 2. The van der Waals surface area contributed by atoms with Gasteiger partial charge in [0.25, 0.3) is 0 Å². The number of carbonyl (C=O) groups is 1. The molecule has 0 saturated carbocycles. The fraction of sp³-hybridized carbons (Fsp3) is 0.500. The van der Waals surface area contributed by atoms with Crippen LogP contribution in [0.25, 0.3) is 10.9 Å². The second-order valence-electron chi connectivity index (χ2n) is 10.5. The van der Waals surface area contributed by atoms with Crippen molar-refractivity contribution in [2.24, 2.45) is 0 Å². The van der Waals surface area contributed by atoms with Gasteiger partial charge in [0.1, 0.15) is 11.6 Å². The molecule has 2 aliphatic heterocycles. The van der Waals surface area contributed by atoms with E-state index < -0.39 is 0 Å². The molecule has 0 unspecified atom stereocenters. The molecule has 0 aliphatic carbocycles. The van der Waals surface area contributed by atoms with Gasteiger partial charge in [-0.15, -0.1) is 0 Å². The highest BCUT2D eigenvalue weighted by Crippen LogP contribution is 2.36. The second kappa shape index (κ2) is 12.1. The van der Waals surface area contributed by atoms with Crippen molar-refractivity contribution in [3.63, 3.8) is 0 Å². The van der Waals surface area contributed by atoms with E-state index in [4.69, 9.17) is 14.7 Å². The van der Waals surface area contributed by atoms with E-state index >= 15 is 0 Å². The largest absolute Gasteiger partial charge is 0.496 e. The molecule has 2 aliphatic rings. The number of benzene rings is 2. The molecule has 2 saturated heterocycles. The van der Waals surface area contributed by atoms with Crippen LogP contribution in [-0.4, -0.2) is 87.3 Å². The summed E-state index contributed by atoms with van der Waals surface area (Å²) in [4.78, 5) is 31.3. The molecule has 2 aromatic carbocycles. The number of piperazine rings is 1. The average Bonchev–Trinajstić information content (AvgIpc) is 2.99. The van der Waals surface area contributed by atoms with Crippen LogP contribution in [-0.2, 0) is 11.3 Å². The Hall–Kier alpha value is -3.59. The second-order valence-corrected chi connectivity index (χ2v) is 10.5. The van der Waals surface area contributed by atoms with Crippen LogP contribution < -0.4 is 24.8 Å². The van der Waals surface area contributed by atoms with Crippen LogP contribution in [0.2, 0.25) is 0 Å². The first-order chi connectivity index (χ1) is 19.0. The van der Waals surface area contributed by atoms with Crippen LogP contribution in [0.3, 0.4) is 0 Å². The maximum atomic E-state index is 12.3. The van der Waals surface area contributed by atoms with E-state index in [0.717, 1.165) is 78.7 Å². The third-order valence-corrected chi connectivity index (χ3v) is 7.95. The van der Waals surface area contributed by atoms with Crippen LogP contribution in [0, 0.1) is 0 Å². The van der Waals surface area contributed by atoms with Gasteiger partial charge in [-0.1, -0.05) is 25.1 Å². The number of ether oxygens (including phenoxy) is 1. The zero-order valence-corrected chi connectivity index (χ0v) is 23.7. The zero-order chi connectivity index (χ0) is 27.4. The molecule has 2 fully saturated rings. The first-order valence-corrected chi connectivity index (χ1v) is 14.1. The number of fused-ring (bicyclic) bond motifs is 1. The number of rotatable bonds is 8. The summed E-state index contributed by atoms with van der Waals surface area (Å²) in [5.74, 6) is 2.79. The quantitative estimate of drug-likeness (QED) is 0.473. The van der Waals surface area contributed by atoms with Crippen LogP contribution in [0.15, 0.2) is 42.5 Å². The van der Waals surface area contributed by atoms with Crippen LogP contribution in [0.4, 0.5) is 17.5 Å². The minimum atomic E-state index is 0.209. The van der Waals surface area contributed by atoms with Crippen molar-refractivity contribution in [2.45, 2.75) is 38.8 Å². The van der Waals surface area contributed by atoms with Crippen LogP contribution in [0.1, 0.15) is 31.7 Å².